The fourth-order valence-corrected chi connectivity index (χ4v) is 3.66. The summed E-state index contributed by atoms with van der Waals surface area (Å²) in [5.41, 5.74) is 2.60. The van der Waals surface area contributed by atoms with Crippen molar-refractivity contribution in [3.63, 3.8) is 0 Å². The number of ether oxygens (including phenoxy) is 1. The maximum Gasteiger partial charge on any atom is 0.349 e. The molecule has 0 bridgehead atoms. The number of nitrogens with zero attached hydrogens (tertiary/aromatic N) is 3. The average Bonchev–Trinajstić information content (AvgIpc) is 2.71. The molecule has 0 aliphatic carbocycles. The van der Waals surface area contributed by atoms with E-state index in [0.29, 0.717) is 18.5 Å². The number of carbonyl (C=O) groups excluding carboxylic acids is 2. The maximum atomic E-state index is 12.3. The lowest BCUT2D eigenvalue weighted by Crippen LogP contribution is -2.29. The minimum atomic E-state index is -0.687. The Kier molecular flexibility index (Phi) is 7.50. The minimum absolute atomic E-state index is 0.0870. The molecule has 2 aliphatic heterocycles. The van der Waals surface area contributed by atoms with Crippen molar-refractivity contribution in [3.8, 4) is 11.5 Å². The predicted molar refractivity (Wildman–Crippen MR) is 120 cm³/mol. The number of aromatic amines is 1. The first-order valence-corrected chi connectivity index (χ1v) is 10.8. The molecule has 0 atom stereocenters. The lowest BCUT2D eigenvalue weighted by Gasteiger charge is -2.17. The largest absolute Gasteiger partial charge is 0.465 e. The van der Waals surface area contributed by atoms with E-state index in [1.165, 1.54) is 6.92 Å². The van der Waals surface area contributed by atoms with Crippen LogP contribution in [0, 0.1) is 13.8 Å². The van der Waals surface area contributed by atoms with Crippen LogP contribution in [0.5, 0.6) is 0 Å². The zero-order valence-corrected chi connectivity index (χ0v) is 18.7. The normalized spacial score (nSPS) is 11.2. The van der Waals surface area contributed by atoms with Gasteiger partial charge in [-0.1, -0.05) is 12.8 Å². The van der Waals surface area contributed by atoms with Gasteiger partial charge in [0, 0.05) is 26.3 Å². The number of H-pyrrole nitrogens is 1. The van der Waals surface area contributed by atoms with Crippen LogP contribution in [0.15, 0.2) is 21.7 Å². The fourth-order valence-electron chi connectivity index (χ4n) is 3.66. The summed E-state index contributed by atoms with van der Waals surface area (Å²) in [5.74, 6) is -0.00320. The highest BCUT2D eigenvalue weighted by atomic mass is 16.5. The van der Waals surface area contributed by atoms with Gasteiger partial charge in [0.1, 0.15) is 5.78 Å². The Hall–Kier alpha value is -3.36. The number of carbonyl (C=O) groups is 2. The molecule has 0 radical (unpaired) electrons. The van der Waals surface area contributed by atoms with Crippen LogP contribution in [-0.2, 0) is 20.9 Å². The summed E-state index contributed by atoms with van der Waals surface area (Å²) in [6.45, 7) is 6.03. The van der Waals surface area contributed by atoms with Crippen LogP contribution in [-0.4, -0.2) is 37.9 Å². The van der Waals surface area contributed by atoms with E-state index in [0.717, 1.165) is 42.3 Å². The van der Waals surface area contributed by atoms with Crippen molar-refractivity contribution in [3.05, 3.63) is 44.1 Å². The third kappa shape index (κ3) is 5.66. The van der Waals surface area contributed by atoms with Crippen molar-refractivity contribution < 1.29 is 14.3 Å². The van der Waals surface area contributed by atoms with E-state index >= 15 is 0 Å². The number of esters is 1. The van der Waals surface area contributed by atoms with Gasteiger partial charge in [-0.2, -0.15) is 4.98 Å². The number of hydrogen-bond donors (Lipinski definition) is 1. The number of rotatable bonds is 10. The molecule has 32 heavy (non-hydrogen) atoms. The molecule has 0 aromatic heterocycles. The van der Waals surface area contributed by atoms with Crippen LogP contribution in [0.2, 0.25) is 0 Å². The van der Waals surface area contributed by atoms with Crippen molar-refractivity contribution in [2.75, 3.05) is 6.61 Å². The molecular weight excluding hydrogens is 412 g/mol. The van der Waals surface area contributed by atoms with Crippen molar-refractivity contribution in [1.29, 1.82) is 0 Å². The quantitative estimate of drug-likeness (QED) is 0.292. The van der Waals surface area contributed by atoms with Crippen molar-refractivity contribution in [1.82, 2.24) is 19.5 Å². The highest BCUT2D eigenvalue weighted by molar-refractivity contribution is 5.81. The molecule has 0 unspecified atom stereocenters. The number of benzene rings is 1. The number of nitrogens with one attached hydrogen (secondary N) is 1. The third-order valence-electron chi connectivity index (χ3n) is 5.50. The lowest BCUT2D eigenvalue weighted by molar-refractivity contribution is -0.141. The molecular formula is C23H28N4O5. The first-order chi connectivity index (χ1) is 15.3. The number of Topliss-reactive ketones (excluding diaryl/α,β-unsaturated/α-hetero) is 1. The Bertz CT molecular complexity index is 1230. The van der Waals surface area contributed by atoms with Crippen molar-refractivity contribution >= 4 is 22.8 Å². The maximum absolute atomic E-state index is 12.3. The second-order valence-corrected chi connectivity index (χ2v) is 8.02. The molecule has 2 aliphatic rings. The summed E-state index contributed by atoms with van der Waals surface area (Å²) in [6.07, 6.45) is 4.04. The number of aryl methyl sites for hydroxylation is 3. The molecule has 1 aromatic carbocycles. The van der Waals surface area contributed by atoms with Gasteiger partial charge >= 0.3 is 11.7 Å². The molecule has 0 saturated carbocycles. The Balaban J connectivity index is 1.68. The fraction of sp³-hybridized carbons (Fsp3) is 0.478. The molecule has 2 heterocycles. The van der Waals surface area contributed by atoms with Gasteiger partial charge in [-0.25, -0.2) is 9.78 Å². The van der Waals surface area contributed by atoms with E-state index < -0.39 is 11.2 Å². The highest BCUT2D eigenvalue weighted by Gasteiger charge is 2.19. The predicted octanol–water partition coefficient (Wildman–Crippen LogP) is 2.67. The van der Waals surface area contributed by atoms with Gasteiger partial charge in [-0.05, 0) is 49.9 Å². The van der Waals surface area contributed by atoms with Gasteiger partial charge in [0.05, 0.1) is 17.6 Å². The number of fused-ring (bicyclic) bond motifs is 2. The summed E-state index contributed by atoms with van der Waals surface area (Å²) in [4.78, 5) is 57.4. The van der Waals surface area contributed by atoms with E-state index in [4.69, 9.17) is 4.74 Å². The summed E-state index contributed by atoms with van der Waals surface area (Å²) in [6, 6.07) is 3.94. The van der Waals surface area contributed by atoms with Gasteiger partial charge in [-0.15, -0.1) is 0 Å². The Morgan fingerprint density at radius 2 is 1.72 bits per heavy atom. The van der Waals surface area contributed by atoms with Crippen LogP contribution >= 0.6 is 0 Å². The van der Waals surface area contributed by atoms with Gasteiger partial charge in [-0.3, -0.25) is 19.4 Å². The third-order valence-corrected chi connectivity index (χ3v) is 5.50. The second kappa shape index (κ2) is 10.3. The minimum Gasteiger partial charge on any atom is -0.465 e. The van der Waals surface area contributed by atoms with Gasteiger partial charge in [0.15, 0.2) is 11.5 Å². The molecule has 0 spiro atoms. The van der Waals surface area contributed by atoms with E-state index in [-0.39, 0.29) is 36.3 Å². The van der Waals surface area contributed by atoms with Crippen LogP contribution < -0.4 is 11.2 Å². The number of unbranched alkanes of at least 4 members (excludes halogenated alkanes) is 3. The highest BCUT2D eigenvalue weighted by Crippen LogP contribution is 2.24. The summed E-state index contributed by atoms with van der Waals surface area (Å²) in [7, 11) is 0. The number of ketones is 1. The standard InChI is InChI=1S/C23H28N4O5/c1-14-12-18-19(13-15(14)2)27(21-20(24-18)22(30)26-23(31)25-21)10-7-5-4-6-8-17(29)9-11-32-16(3)28/h12-13H,4-11H2,1-3H3,(H,26,30,31). The Labute approximate surface area is 185 Å². The Morgan fingerprint density at radius 3 is 2.47 bits per heavy atom. The molecule has 170 valence electrons. The van der Waals surface area contributed by atoms with Crippen LogP contribution in [0.25, 0.3) is 22.6 Å². The first-order valence-electron chi connectivity index (χ1n) is 10.8. The monoisotopic (exact) mass is 440 g/mol. The van der Waals surface area contributed by atoms with Crippen LogP contribution in [0.3, 0.4) is 0 Å². The van der Waals surface area contributed by atoms with Crippen molar-refractivity contribution in [2.45, 2.75) is 65.8 Å². The van der Waals surface area contributed by atoms with Gasteiger partial charge < -0.3 is 9.30 Å². The van der Waals surface area contributed by atoms with Crippen LogP contribution in [0.4, 0.5) is 0 Å². The lowest BCUT2D eigenvalue weighted by atomic mass is 10.1. The second-order valence-electron chi connectivity index (χ2n) is 8.02. The zero-order chi connectivity index (χ0) is 23.3. The molecule has 0 amide bonds. The number of hydrogen-bond acceptors (Lipinski definition) is 7. The van der Waals surface area contributed by atoms with Gasteiger partial charge in [0.25, 0.3) is 5.56 Å². The first kappa shape index (κ1) is 23.3. The summed E-state index contributed by atoms with van der Waals surface area (Å²) in [5, 5.41) is 0. The van der Waals surface area contributed by atoms with E-state index in [1.54, 1.807) is 0 Å². The Morgan fingerprint density at radius 1 is 1.00 bits per heavy atom. The smallest absolute Gasteiger partial charge is 0.349 e. The topological polar surface area (TPSA) is 124 Å². The SMILES string of the molecule is CC(=O)OCCC(=O)CCCCCCn1c2nc(=O)[nH]c(=O)c-2nc2cc(C)c(C)cc21. The van der Waals surface area contributed by atoms with E-state index in [9.17, 15) is 19.2 Å². The molecule has 3 rings (SSSR count). The molecule has 0 saturated heterocycles. The van der Waals surface area contributed by atoms with Crippen molar-refractivity contribution in [2.24, 2.45) is 0 Å². The van der Waals surface area contributed by atoms with Gasteiger partial charge in [0.2, 0.25) is 0 Å². The molecule has 0 fully saturated rings. The summed E-state index contributed by atoms with van der Waals surface area (Å²) >= 11 is 0. The molecule has 1 aromatic rings. The van der Waals surface area contributed by atoms with E-state index in [1.807, 2.05) is 30.5 Å². The molecule has 9 nitrogen and oxygen atoms in total. The zero-order valence-electron chi connectivity index (χ0n) is 18.7. The van der Waals surface area contributed by atoms with Crippen LogP contribution in [0.1, 0.15) is 56.6 Å². The molecule has 9 heteroatoms. The molecule has 1 N–H and O–H groups in total. The summed E-state index contributed by atoms with van der Waals surface area (Å²) < 4.78 is 6.68. The average molecular weight is 441 g/mol. The van der Waals surface area contributed by atoms with E-state index in [2.05, 4.69) is 15.0 Å². The number of aromatic nitrogens is 4.